The molecule has 0 saturated heterocycles. The molecule has 0 saturated carbocycles. The number of aromatic nitrogens is 3. The lowest BCUT2D eigenvalue weighted by Gasteiger charge is -2.26. The van der Waals surface area contributed by atoms with Gasteiger partial charge in [0.2, 0.25) is 17.2 Å². The van der Waals surface area contributed by atoms with Crippen LogP contribution in [0.15, 0.2) is 40.1 Å². The number of nitrogens with one attached hydrogen (secondary N) is 3. The summed E-state index contributed by atoms with van der Waals surface area (Å²) in [6.07, 6.45) is 0. The van der Waals surface area contributed by atoms with Gasteiger partial charge in [-0.1, -0.05) is 24.3 Å². The van der Waals surface area contributed by atoms with Crippen molar-refractivity contribution in [3.05, 3.63) is 74.6 Å². The van der Waals surface area contributed by atoms with Crippen molar-refractivity contribution in [3.63, 3.8) is 0 Å². The molecule has 0 amide bonds. The highest BCUT2D eigenvalue weighted by atomic mass is 35.5. The highest BCUT2D eigenvalue weighted by molar-refractivity contribution is 7.99. The Morgan fingerprint density at radius 1 is 0.820 bits per heavy atom. The maximum Gasteiger partial charge on any atom is 0.296 e. The first-order valence-electron chi connectivity index (χ1n) is 14.6. The number of fused-ring (bicyclic) bond motifs is 2. The molecule has 8 N–H and O–H groups in total. The Labute approximate surface area is 295 Å². The van der Waals surface area contributed by atoms with Gasteiger partial charge in [0.05, 0.1) is 34.8 Å². The normalized spacial score (nSPS) is 12.8. The summed E-state index contributed by atoms with van der Waals surface area (Å²) in [6, 6.07) is 6.70. The van der Waals surface area contributed by atoms with Crippen LogP contribution in [-0.2, 0) is 20.2 Å². The predicted molar refractivity (Wildman–Crippen MR) is 189 cm³/mol. The quantitative estimate of drug-likeness (QED) is 0.0539. The third-order valence-electron chi connectivity index (χ3n) is 7.79. The fraction of sp³-hybridized carbons (Fsp3) is 0.233. The minimum absolute atomic E-state index is 0.00788. The lowest BCUT2D eigenvalue weighted by molar-refractivity contribution is 0.0980. The summed E-state index contributed by atoms with van der Waals surface area (Å²) in [7, 11) is -9.99. The number of anilines is 6. The van der Waals surface area contributed by atoms with Gasteiger partial charge < -0.3 is 26.8 Å². The summed E-state index contributed by atoms with van der Waals surface area (Å²) in [6.45, 7) is 4.77. The molecule has 0 aliphatic heterocycles. The Kier molecular flexibility index (Phi) is 10.4. The number of carbonyl (C=O) groups is 2. The van der Waals surface area contributed by atoms with Gasteiger partial charge in [-0.15, -0.1) is 0 Å². The van der Waals surface area contributed by atoms with Gasteiger partial charge in [0, 0.05) is 34.9 Å². The van der Waals surface area contributed by atoms with Crippen molar-refractivity contribution in [2.75, 3.05) is 46.3 Å². The average molecular weight is 764 g/mol. The molecule has 264 valence electrons. The first kappa shape index (κ1) is 36.9. The zero-order valence-corrected chi connectivity index (χ0v) is 29.7. The minimum atomic E-state index is -5.06. The van der Waals surface area contributed by atoms with Gasteiger partial charge in [-0.25, -0.2) is 0 Å². The number of thioether (sulfide) groups is 1. The van der Waals surface area contributed by atoms with Gasteiger partial charge in [0.1, 0.15) is 9.79 Å². The Balaban J connectivity index is 1.69. The van der Waals surface area contributed by atoms with Crippen molar-refractivity contribution >= 4 is 89.8 Å². The number of aliphatic hydroxyl groups is 1. The van der Waals surface area contributed by atoms with Gasteiger partial charge in [-0.3, -0.25) is 18.7 Å². The maximum atomic E-state index is 13.9. The van der Waals surface area contributed by atoms with E-state index in [1.807, 2.05) is 0 Å². The van der Waals surface area contributed by atoms with Gasteiger partial charge in [0.15, 0.2) is 11.6 Å². The summed E-state index contributed by atoms with van der Waals surface area (Å²) in [4.78, 5) is 38.5. The molecule has 0 bridgehead atoms. The summed E-state index contributed by atoms with van der Waals surface area (Å²) < 4.78 is 70.8. The van der Waals surface area contributed by atoms with Crippen molar-refractivity contribution in [2.24, 2.45) is 0 Å². The second-order valence-electron chi connectivity index (χ2n) is 11.0. The van der Waals surface area contributed by atoms with Crippen LogP contribution in [0.5, 0.6) is 0 Å². The summed E-state index contributed by atoms with van der Waals surface area (Å²) in [5.41, 5.74) is 4.64. The number of nitrogen functional groups attached to an aromatic ring is 1. The van der Waals surface area contributed by atoms with Crippen molar-refractivity contribution < 1.29 is 40.6 Å². The Bertz CT molecular complexity index is 2300. The SMILES string of the molecule is Cc1c(Nc2nc(Cl)nc(NCCSCCO)n2)c(C)c(S(=O)(=O)O)c(C)c1Nc1cc(S(=O)(=O)O)c(N)c2c1C(=O)c1ccccc1C2=O. The van der Waals surface area contributed by atoms with Crippen molar-refractivity contribution in [1.29, 1.82) is 0 Å². The first-order chi connectivity index (χ1) is 23.4. The number of nitrogens with two attached hydrogens (primary N) is 1. The molecule has 1 heterocycles. The van der Waals surface area contributed by atoms with E-state index in [1.54, 1.807) is 6.92 Å². The van der Waals surface area contributed by atoms with Crippen LogP contribution in [0.3, 0.4) is 0 Å². The summed E-state index contributed by atoms with van der Waals surface area (Å²) in [5, 5.41) is 17.5. The first-order valence-corrected chi connectivity index (χ1v) is 19.0. The third kappa shape index (κ3) is 7.11. The van der Waals surface area contributed by atoms with E-state index >= 15 is 0 Å². The molecule has 1 aromatic heterocycles. The van der Waals surface area contributed by atoms with E-state index in [9.17, 15) is 35.5 Å². The highest BCUT2D eigenvalue weighted by Crippen LogP contribution is 2.44. The molecule has 3 aromatic carbocycles. The minimum Gasteiger partial charge on any atom is -0.397 e. The third-order valence-corrected chi connectivity index (χ3v) is 10.9. The van der Waals surface area contributed by atoms with E-state index in [1.165, 1.54) is 49.9 Å². The van der Waals surface area contributed by atoms with Gasteiger partial charge in [-0.05, 0) is 55.1 Å². The molecule has 0 spiro atoms. The number of hydrogen-bond donors (Lipinski definition) is 7. The molecule has 1 aliphatic rings. The zero-order valence-electron chi connectivity index (χ0n) is 26.5. The fourth-order valence-corrected chi connectivity index (χ4v) is 8.06. The van der Waals surface area contributed by atoms with Gasteiger partial charge in [0.25, 0.3) is 20.2 Å². The summed E-state index contributed by atoms with van der Waals surface area (Å²) in [5.74, 6) is -0.349. The second kappa shape index (κ2) is 14.1. The molecule has 50 heavy (non-hydrogen) atoms. The van der Waals surface area contributed by atoms with Crippen LogP contribution in [0.2, 0.25) is 5.28 Å². The average Bonchev–Trinajstić information content (AvgIpc) is 3.03. The number of benzene rings is 3. The fourth-order valence-electron chi connectivity index (χ4n) is 5.70. The van der Waals surface area contributed by atoms with Crippen LogP contribution in [-0.4, -0.2) is 82.2 Å². The molecule has 16 nitrogen and oxygen atoms in total. The van der Waals surface area contributed by atoms with Gasteiger partial charge in [-0.2, -0.15) is 43.5 Å². The monoisotopic (exact) mass is 763 g/mol. The van der Waals surface area contributed by atoms with Crippen LogP contribution in [0, 0.1) is 20.8 Å². The number of carbonyl (C=O) groups excluding carboxylic acids is 2. The van der Waals surface area contributed by atoms with Crippen LogP contribution in [0.4, 0.5) is 34.6 Å². The maximum absolute atomic E-state index is 13.9. The molecule has 0 fully saturated rings. The van der Waals surface area contributed by atoms with E-state index in [0.29, 0.717) is 18.1 Å². The Hall–Kier alpha value is -4.37. The smallest absolute Gasteiger partial charge is 0.296 e. The standard InChI is InChI=1S/C30H30ClN7O9S3/c1-13-23(34-18-12-19(49(42,43)44)22(32)21-20(18)25(40)16-6-4-5-7-17(16)26(21)41)14(2)27(50(45,46)47)15(3)24(13)35-30-37-28(31)36-29(38-30)33-8-10-48-11-9-39/h4-7,12,34,39H,8-11,32H2,1-3H3,(H,42,43,44)(H,45,46,47)(H2,33,35,36,37,38). The Morgan fingerprint density at radius 3 is 1.98 bits per heavy atom. The molecule has 0 atom stereocenters. The highest BCUT2D eigenvalue weighted by Gasteiger charge is 2.37. The number of aliphatic hydroxyl groups excluding tert-OH is 1. The van der Waals surface area contributed by atoms with Crippen LogP contribution >= 0.6 is 23.4 Å². The van der Waals surface area contributed by atoms with Crippen molar-refractivity contribution in [3.8, 4) is 0 Å². The van der Waals surface area contributed by atoms with Crippen molar-refractivity contribution in [1.82, 2.24) is 15.0 Å². The lowest BCUT2D eigenvalue weighted by Crippen LogP contribution is -2.25. The number of rotatable bonds is 12. The molecular weight excluding hydrogens is 734 g/mol. The number of ketones is 2. The van der Waals surface area contributed by atoms with E-state index in [0.717, 1.165) is 6.07 Å². The van der Waals surface area contributed by atoms with Crippen LogP contribution in [0.1, 0.15) is 48.5 Å². The van der Waals surface area contributed by atoms with Crippen molar-refractivity contribution in [2.45, 2.75) is 30.6 Å². The largest absolute Gasteiger partial charge is 0.397 e. The van der Waals surface area contributed by atoms with Gasteiger partial charge >= 0.3 is 0 Å². The van der Waals surface area contributed by atoms with E-state index in [2.05, 4.69) is 30.9 Å². The zero-order chi connectivity index (χ0) is 36.7. The molecule has 20 heteroatoms. The molecule has 0 unspecified atom stereocenters. The molecule has 0 radical (unpaired) electrons. The Morgan fingerprint density at radius 2 is 1.40 bits per heavy atom. The number of nitrogens with zero attached hydrogens (tertiary/aromatic N) is 3. The number of hydrogen-bond acceptors (Lipinski definition) is 15. The van der Waals surface area contributed by atoms with Crippen LogP contribution < -0.4 is 21.7 Å². The lowest BCUT2D eigenvalue weighted by atomic mass is 9.82. The predicted octanol–water partition coefficient (Wildman–Crippen LogP) is 3.93. The van der Waals surface area contributed by atoms with E-state index in [-0.39, 0.29) is 74.2 Å². The summed E-state index contributed by atoms with van der Waals surface area (Å²) >= 11 is 7.64. The number of halogens is 1. The van der Waals surface area contributed by atoms with E-state index < -0.39 is 52.8 Å². The topological polar surface area (TPSA) is 264 Å². The molecule has 5 rings (SSSR count). The van der Waals surface area contributed by atoms with Crippen LogP contribution in [0.25, 0.3) is 0 Å². The molecule has 4 aromatic rings. The second-order valence-corrected chi connectivity index (χ2v) is 15.3. The molecule has 1 aliphatic carbocycles. The molecular formula is C30H30ClN7O9S3. The van der Waals surface area contributed by atoms with E-state index in [4.69, 9.17) is 22.4 Å².